The molecule has 1 saturated carbocycles. The molecule has 0 spiro atoms. The quantitative estimate of drug-likeness (QED) is 0.835. The lowest BCUT2D eigenvalue weighted by Crippen LogP contribution is -2.56. The van der Waals surface area contributed by atoms with E-state index >= 15 is 0 Å². The number of carbonyl (C=O) groups excluding carboxylic acids is 1. The normalized spacial score (nSPS) is 37.4. The third kappa shape index (κ3) is 3.25. The lowest BCUT2D eigenvalue weighted by Gasteiger charge is -2.48. The molecule has 1 amide bonds. The number of hydrogen-bond acceptors (Lipinski definition) is 2. The second-order valence-electron chi connectivity index (χ2n) is 6.82. The van der Waals surface area contributed by atoms with Gasteiger partial charge in [-0.3, -0.25) is 9.69 Å². The Morgan fingerprint density at radius 2 is 1.89 bits per heavy atom. The average molecular weight is 252 g/mol. The highest BCUT2D eigenvalue weighted by atomic mass is 16.1. The van der Waals surface area contributed by atoms with Gasteiger partial charge < -0.3 is 5.32 Å². The van der Waals surface area contributed by atoms with E-state index in [9.17, 15) is 4.79 Å². The highest BCUT2D eigenvalue weighted by Gasteiger charge is 2.37. The number of piperidine rings is 1. The fourth-order valence-corrected chi connectivity index (χ4v) is 3.50. The summed E-state index contributed by atoms with van der Waals surface area (Å²) in [5.41, 5.74) is 0. The first-order valence-corrected chi connectivity index (χ1v) is 7.46. The van der Waals surface area contributed by atoms with Crippen LogP contribution in [0.25, 0.3) is 0 Å². The van der Waals surface area contributed by atoms with Gasteiger partial charge in [0.25, 0.3) is 0 Å². The van der Waals surface area contributed by atoms with Crippen LogP contribution >= 0.6 is 0 Å². The summed E-state index contributed by atoms with van der Waals surface area (Å²) in [5, 5.41) is 3.13. The van der Waals surface area contributed by atoms with Crippen LogP contribution in [0.15, 0.2) is 0 Å². The molecule has 3 nitrogen and oxygen atoms in total. The first kappa shape index (κ1) is 13.9. The smallest absolute Gasteiger partial charge is 0.217 e. The Bertz CT molecular complexity index is 297. The molecule has 3 heteroatoms. The highest BCUT2D eigenvalue weighted by Crippen LogP contribution is 2.35. The van der Waals surface area contributed by atoms with Gasteiger partial charge in [-0.15, -0.1) is 0 Å². The Morgan fingerprint density at radius 1 is 1.22 bits per heavy atom. The third-order valence-electron chi connectivity index (χ3n) is 4.73. The molecule has 1 N–H and O–H groups in total. The van der Waals surface area contributed by atoms with Crippen LogP contribution in [0.2, 0.25) is 0 Å². The van der Waals surface area contributed by atoms with Crippen LogP contribution in [-0.2, 0) is 4.79 Å². The average Bonchev–Trinajstić information content (AvgIpc) is 2.23. The van der Waals surface area contributed by atoms with E-state index < -0.39 is 0 Å². The molecular weight excluding hydrogens is 224 g/mol. The van der Waals surface area contributed by atoms with Crippen LogP contribution in [0.1, 0.15) is 47.0 Å². The molecule has 18 heavy (non-hydrogen) atoms. The maximum Gasteiger partial charge on any atom is 0.217 e. The molecule has 2 aliphatic rings. The molecule has 0 bridgehead atoms. The first-order chi connectivity index (χ1) is 8.45. The molecule has 1 heterocycles. The minimum atomic E-state index is 0.117. The molecular formula is C15H28N2O. The van der Waals surface area contributed by atoms with Gasteiger partial charge in [-0.05, 0) is 37.0 Å². The Hall–Kier alpha value is -0.570. The summed E-state index contributed by atoms with van der Waals surface area (Å²) in [6.07, 6.45) is 3.84. The predicted molar refractivity (Wildman–Crippen MR) is 74.3 cm³/mol. The Labute approximate surface area is 111 Å². The predicted octanol–water partition coefficient (Wildman–Crippen LogP) is 2.27. The molecule has 0 aromatic rings. The monoisotopic (exact) mass is 252 g/mol. The SMILES string of the molecule is CC(=O)NC1CC(C(C)C)CN(C2CC(C)C2)C1. The van der Waals surface area contributed by atoms with Crippen molar-refractivity contribution in [3.05, 3.63) is 0 Å². The molecule has 2 fully saturated rings. The van der Waals surface area contributed by atoms with Crippen LogP contribution in [0.5, 0.6) is 0 Å². The molecule has 1 aliphatic heterocycles. The summed E-state index contributed by atoms with van der Waals surface area (Å²) in [5.74, 6) is 2.45. The Balaban J connectivity index is 1.95. The van der Waals surface area contributed by atoms with Crippen LogP contribution in [0, 0.1) is 17.8 Å². The number of nitrogens with zero attached hydrogens (tertiary/aromatic N) is 1. The molecule has 2 rings (SSSR count). The largest absolute Gasteiger partial charge is 0.352 e. The summed E-state index contributed by atoms with van der Waals surface area (Å²) in [4.78, 5) is 13.9. The molecule has 104 valence electrons. The number of likely N-dealkylation sites (tertiary alicyclic amines) is 1. The van der Waals surface area contributed by atoms with Crippen molar-refractivity contribution in [2.24, 2.45) is 17.8 Å². The van der Waals surface area contributed by atoms with Gasteiger partial charge in [-0.25, -0.2) is 0 Å². The van der Waals surface area contributed by atoms with E-state index in [-0.39, 0.29) is 5.91 Å². The van der Waals surface area contributed by atoms with Crippen LogP contribution in [0.4, 0.5) is 0 Å². The zero-order valence-electron chi connectivity index (χ0n) is 12.3. The second-order valence-corrected chi connectivity index (χ2v) is 6.82. The summed E-state index contributed by atoms with van der Waals surface area (Å²) < 4.78 is 0. The van der Waals surface area contributed by atoms with E-state index in [1.165, 1.54) is 19.4 Å². The van der Waals surface area contributed by atoms with Crippen molar-refractivity contribution in [2.45, 2.75) is 59.0 Å². The lowest BCUT2D eigenvalue weighted by molar-refractivity contribution is -0.120. The topological polar surface area (TPSA) is 32.3 Å². The van der Waals surface area contributed by atoms with E-state index in [2.05, 4.69) is 31.0 Å². The van der Waals surface area contributed by atoms with Gasteiger partial charge in [-0.1, -0.05) is 20.8 Å². The molecule has 2 unspecified atom stereocenters. The fourth-order valence-electron chi connectivity index (χ4n) is 3.50. The Morgan fingerprint density at radius 3 is 2.39 bits per heavy atom. The van der Waals surface area contributed by atoms with Crippen molar-refractivity contribution in [3.8, 4) is 0 Å². The number of rotatable bonds is 3. The van der Waals surface area contributed by atoms with Gasteiger partial charge in [0.15, 0.2) is 0 Å². The number of nitrogens with one attached hydrogen (secondary N) is 1. The van der Waals surface area contributed by atoms with Crippen LogP contribution in [-0.4, -0.2) is 36.0 Å². The van der Waals surface area contributed by atoms with Crippen molar-refractivity contribution < 1.29 is 4.79 Å². The van der Waals surface area contributed by atoms with Gasteiger partial charge in [0, 0.05) is 32.1 Å². The minimum Gasteiger partial charge on any atom is -0.352 e. The summed E-state index contributed by atoms with van der Waals surface area (Å²) in [6, 6.07) is 1.14. The van der Waals surface area contributed by atoms with Gasteiger partial charge in [0.1, 0.15) is 0 Å². The van der Waals surface area contributed by atoms with E-state index in [0.717, 1.165) is 30.8 Å². The van der Waals surface area contributed by atoms with Gasteiger partial charge in [-0.2, -0.15) is 0 Å². The van der Waals surface area contributed by atoms with Gasteiger partial charge in [0.2, 0.25) is 5.91 Å². The molecule has 1 saturated heterocycles. The van der Waals surface area contributed by atoms with E-state index in [1.54, 1.807) is 6.92 Å². The zero-order valence-corrected chi connectivity index (χ0v) is 12.3. The maximum atomic E-state index is 11.3. The number of amides is 1. The Kier molecular flexibility index (Phi) is 4.31. The van der Waals surface area contributed by atoms with Crippen molar-refractivity contribution in [2.75, 3.05) is 13.1 Å². The van der Waals surface area contributed by atoms with Crippen molar-refractivity contribution in [3.63, 3.8) is 0 Å². The first-order valence-electron chi connectivity index (χ1n) is 7.46. The van der Waals surface area contributed by atoms with Crippen LogP contribution in [0.3, 0.4) is 0 Å². The molecule has 1 aliphatic carbocycles. The number of hydrogen-bond donors (Lipinski definition) is 1. The molecule has 0 radical (unpaired) electrons. The summed E-state index contributed by atoms with van der Waals surface area (Å²) >= 11 is 0. The molecule has 0 aromatic heterocycles. The minimum absolute atomic E-state index is 0.117. The number of carbonyl (C=O) groups is 1. The van der Waals surface area contributed by atoms with Crippen molar-refractivity contribution >= 4 is 5.91 Å². The van der Waals surface area contributed by atoms with Crippen molar-refractivity contribution in [1.29, 1.82) is 0 Å². The second kappa shape index (κ2) is 5.60. The van der Waals surface area contributed by atoms with Crippen molar-refractivity contribution in [1.82, 2.24) is 10.2 Å². The lowest BCUT2D eigenvalue weighted by atomic mass is 9.77. The standard InChI is InChI=1S/C15H28N2O/c1-10(2)13-7-14(16-12(4)18)9-17(8-13)15-5-11(3)6-15/h10-11,13-15H,5-9H2,1-4H3,(H,16,18). The zero-order chi connectivity index (χ0) is 13.3. The van der Waals surface area contributed by atoms with E-state index in [4.69, 9.17) is 0 Å². The van der Waals surface area contributed by atoms with E-state index in [0.29, 0.717) is 12.0 Å². The fraction of sp³-hybridized carbons (Fsp3) is 0.933. The maximum absolute atomic E-state index is 11.3. The molecule has 0 aromatic carbocycles. The highest BCUT2D eigenvalue weighted by molar-refractivity contribution is 5.73. The van der Waals surface area contributed by atoms with Crippen LogP contribution < -0.4 is 5.32 Å². The van der Waals surface area contributed by atoms with Gasteiger partial charge >= 0.3 is 0 Å². The summed E-state index contributed by atoms with van der Waals surface area (Å²) in [6.45, 7) is 10.9. The third-order valence-corrected chi connectivity index (χ3v) is 4.73. The van der Waals surface area contributed by atoms with Gasteiger partial charge in [0.05, 0.1) is 0 Å². The van der Waals surface area contributed by atoms with E-state index in [1.807, 2.05) is 0 Å². The summed E-state index contributed by atoms with van der Waals surface area (Å²) in [7, 11) is 0. The molecule has 2 atom stereocenters.